The minimum atomic E-state index is -0.460. The predicted molar refractivity (Wildman–Crippen MR) is 121 cm³/mol. The number of carbonyl (C=O) groups excluding carboxylic acids is 2. The van der Waals surface area contributed by atoms with E-state index < -0.39 is 4.92 Å². The molecule has 9 nitrogen and oxygen atoms in total. The molecular formula is C21H24BrN5O4. The van der Waals surface area contributed by atoms with E-state index in [2.05, 4.69) is 36.4 Å². The summed E-state index contributed by atoms with van der Waals surface area (Å²) in [5, 5.41) is 16.6. The van der Waals surface area contributed by atoms with Crippen LogP contribution in [-0.2, 0) is 9.59 Å². The monoisotopic (exact) mass is 489 g/mol. The second-order valence-electron chi connectivity index (χ2n) is 7.47. The van der Waals surface area contributed by atoms with Crippen molar-refractivity contribution in [2.45, 2.75) is 26.2 Å². The highest BCUT2D eigenvalue weighted by Gasteiger charge is 2.25. The minimum absolute atomic E-state index is 0.0171. The molecule has 0 spiro atoms. The van der Waals surface area contributed by atoms with E-state index in [1.54, 1.807) is 31.3 Å². The van der Waals surface area contributed by atoms with Gasteiger partial charge in [0.05, 0.1) is 16.2 Å². The molecule has 3 rings (SSSR count). The fourth-order valence-electron chi connectivity index (χ4n) is 3.53. The molecule has 0 bridgehead atoms. The Morgan fingerprint density at radius 2 is 1.97 bits per heavy atom. The maximum absolute atomic E-state index is 12.4. The number of rotatable bonds is 7. The highest BCUT2D eigenvalue weighted by Crippen LogP contribution is 2.25. The largest absolute Gasteiger partial charge is 0.326 e. The number of nitrogens with one attached hydrogen (secondary N) is 2. The first-order chi connectivity index (χ1) is 14.8. The number of nitrogens with zero attached hydrogens (tertiary/aromatic N) is 3. The Bertz CT molecular complexity index is 959. The molecule has 1 saturated heterocycles. The molecule has 1 aromatic carbocycles. The zero-order chi connectivity index (χ0) is 22.4. The van der Waals surface area contributed by atoms with Gasteiger partial charge in [-0.05, 0) is 67.0 Å². The summed E-state index contributed by atoms with van der Waals surface area (Å²) in [6.45, 7) is 3.65. The third-order valence-electron chi connectivity index (χ3n) is 5.37. The van der Waals surface area contributed by atoms with Gasteiger partial charge < -0.3 is 15.5 Å². The van der Waals surface area contributed by atoms with Crippen LogP contribution in [-0.4, -0.2) is 46.3 Å². The number of hydrogen-bond acceptors (Lipinski definition) is 6. The van der Waals surface area contributed by atoms with Crippen molar-refractivity contribution in [3.05, 3.63) is 56.7 Å². The molecule has 1 aliphatic heterocycles. The van der Waals surface area contributed by atoms with Gasteiger partial charge in [0.25, 0.3) is 5.69 Å². The maximum Gasteiger partial charge on any atom is 0.274 e. The van der Waals surface area contributed by atoms with E-state index in [1.807, 2.05) is 6.07 Å². The molecule has 10 heteroatoms. The molecule has 2 aromatic rings. The Labute approximate surface area is 188 Å². The number of likely N-dealkylation sites (tertiary alicyclic amines) is 1. The number of nitro benzene ring substituents is 1. The average molecular weight is 490 g/mol. The van der Waals surface area contributed by atoms with Crippen molar-refractivity contribution in [1.29, 1.82) is 0 Å². The van der Waals surface area contributed by atoms with E-state index in [1.165, 1.54) is 6.07 Å². The number of carbonyl (C=O) groups is 2. The van der Waals surface area contributed by atoms with Crippen LogP contribution in [0.15, 0.2) is 41.0 Å². The van der Waals surface area contributed by atoms with E-state index in [-0.39, 0.29) is 29.8 Å². The van der Waals surface area contributed by atoms with Gasteiger partial charge in [0, 0.05) is 35.6 Å². The zero-order valence-corrected chi connectivity index (χ0v) is 18.7. The molecule has 2 heterocycles. The van der Waals surface area contributed by atoms with Gasteiger partial charge in [0.15, 0.2) is 0 Å². The van der Waals surface area contributed by atoms with Crippen molar-refractivity contribution in [3.63, 3.8) is 0 Å². The third-order valence-corrected chi connectivity index (χ3v) is 5.84. The summed E-state index contributed by atoms with van der Waals surface area (Å²) in [7, 11) is 0. The van der Waals surface area contributed by atoms with Crippen molar-refractivity contribution < 1.29 is 14.5 Å². The van der Waals surface area contributed by atoms with Crippen molar-refractivity contribution in [2.24, 2.45) is 5.92 Å². The van der Waals surface area contributed by atoms with E-state index in [0.717, 1.165) is 17.6 Å². The number of piperidine rings is 1. The molecule has 164 valence electrons. The van der Waals surface area contributed by atoms with Gasteiger partial charge in [-0.25, -0.2) is 4.98 Å². The minimum Gasteiger partial charge on any atom is -0.326 e. The first-order valence-corrected chi connectivity index (χ1v) is 10.8. The highest BCUT2D eigenvalue weighted by atomic mass is 79.9. The van der Waals surface area contributed by atoms with Gasteiger partial charge >= 0.3 is 0 Å². The zero-order valence-electron chi connectivity index (χ0n) is 17.1. The van der Waals surface area contributed by atoms with Gasteiger partial charge in [0.2, 0.25) is 11.8 Å². The van der Waals surface area contributed by atoms with Gasteiger partial charge in [0.1, 0.15) is 5.82 Å². The van der Waals surface area contributed by atoms with Crippen LogP contribution in [0, 0.1) is 23.0 Å². The summed E-state index contributed by atoms with van der Waals surface area (Å²) >= 11 is 3.31. The summed E-state index contributed by atoms with van der Waals surface area (Å²) in [5.41, 5.74) is 0.876. The number of benzene rings is 1. The van der Waals surface area contributed by atoms with Crippen molar-refractivity contribution >= 4 is 44.9 Å². The molecule has 31 heavy (non-hydrogen) atoms. The standard InChI is InChI=1S/C21H24BrN5O4/c1-14-17(3-2-4-18(14)27(30)31)24-20(28)9-12-26-10-7-15(8-11-26)21(29)25-19-6-5-16(22)13-23-19/h2-6,13,15H,7-12H2,1H3,(H,24,28)(H,23,25,29). The average Bonchev–Trinajstić information content (AvgIpc) is 2.75. The van der Waals surface area contributed by atoms with Crippen LogP contribution in [0.3, 0.4) is 0 Å². The molecule has 0 unspecified atom stereocenters. The van der Waals surface area contributed by atoms with Crippen LogP contribution in [0.5, 0.6) is 0 Å². The molecule has 0 atom stereocenters. The van der Waals surface area contributed by atoms with Gasteiger partial charge in [-0.2, -0.15) is 0 Å². The number of nitro groups is 1. The Morgan fingerprint density at radius 1 is 1.23 bits per heavy atom. The van der Waals surface area contributed by atoms with Crippen LogP contribution in [0.25, 0.3) is 0 Å². The fraction of sp³-hybridized carbons (Fsp3) is 0.381. The lowest BCUT2D eigenvalue weighted by atomic mass is 9.96. The maximum atomic E-state index is 12.4. The van der Waals surface area contributed by atoms with Gasteiger partial charge in [-0.15, -0.1) is 0 Å². The smallest absolute Gasteiger partial charge is 0.274 e. The van der Waals surface area contributed by atoms with Gasteiger partial charge in [-0.3, -0.25) is 19.7 Å². The molecule has 1 fully saturated rings. The topological polar surface area (TPSA) is 117 Å². The molecule has 0 radical (unpaired) electrons. The predicted octanol–water partition coefficient (Wildman–Crippen LogP) is 3.74. The first kappa shape index (κ1) is 22.8. The first-order valence-electron chi connectivity index (χ1n) is 10.0. The third kappa shape index (κ3) is 6.31. The number of anilines is 2. The summed E-state index contributed by atoms with van der Waals surface area (Å²) in [6, 6.07) is 8.20. The quantitative estimate of drug-likeness (QED) is 0.451. The van der Waals surface area contributed by atoms with E-state index in [0.29, 0.717) is 36.5 Å². The lowest BCUT2D eigenvalue weighted by molar-refractivity contribution is -0.385. The molecule has 2 amide bonds. The number of pyridine rings is 1. The summed E-state index contributed by atoms with van der Waals surface area (Å²) in [5.74, 6) is 0.227. The van der Waals surface area contributed by atoms with Crippen LogP contribution in [0.1, 0.15) is 24.8 Å². The molecular weight excluding hydrogens is 466 g/mol. The molecule has 1 aliphatic rings. The van der Waals surface area contributed by atoms with Crippen LogP contribution >= 0.6 is 15.9 Å². The molecule has 2 N–H and O–H groups in total. The number of aromatic nitrogens is 1. The van der Waals surface area contributed by atoms with Crippen molar-refractivity contribution in [2.75, 3.05) is 30.3 Å². The summed E-state index contributed by atoms with van der Waals surface area (Å²) in [4.78, 5) is 41.6. The fourth-order valence-corrected chi connectivity index (χ4v) is 3.76. The van der Waals surface area contributed by atoms with Crippen molar-refractivity contribution in [1.82, 2.24) is 9.88 Å². The second kappa shape index (κ2) is 10.5. The highest BCUT2D eigenvalue weighted by molar-refractivity contribution is 9.10. The molecule has 0 saturated carbocycles. The molecule has 1 aromatic heterocycles. The van der Waals surface area contributed by atoms with Crippen LogP contribution in [0.4, 0.5) is 17.2 Å². The van der Waals surface area contributed by atoms with Crippen LogP contribution in [0.2, 0.25) is 0 Å². The second-order valence-corrected chi connectivity index (χ2v) is 8.39. The van der Waals surface area contributed by atoms with Crippen LogP contribution < -0.4 is 10.6 Å². The SMILES string of the molecule is Cc1c(NC(=O)CCN2CCC(C(=O)Nc3ccc(Br)cn3)CC2)cccc1[N+](=O)[O-]. The summed E-state index contributed by atoms with van der Waals surface area (Å²) in [6.07, 6.45) is 3.35. The van der Waals surface area contributed by atoms with E-state index in [4.69, 9.17) is 0 Å². The number of halogens is 1. The Balaban J connectivity index is 1.42. The Kier molecular flexibility index (Phi) is 7.69. The van der Waals surface area contributed by atoms with Crippen molar-refractivity contribution in [3.8, 4) is 0 Å². The summed E-state index contributed by atoms with van der Waals surface area (Å²) < 4.78 is 0.850. The van der Waals surface area contributed by atoms with E-state index >= 15 is 0 Å². The normalized spacial score (nSPS) is 14.8. The molecule has 0 aliphatic carbocycles. The number of amides is 2. The lowest BCUT2D eigenvalue weighted by Gasteiger charge is -2.31. The van der Waals surface area contributed by atoms with Gasteiger partial charge in [-0.1, -0.05) is 6.07 Å². The number of hydrogen-bond donors (Lipinski definition) is 2. The lowest BCUT2D eigenvalue weighted by Crippen LogP contribution is -2.39. The van der Waals surface area contributed by atoms with E-state index in [9.17, 15) is 19.7 Å². The Hall–Kier alpha value is -2.85. The Morgan fingerprint density at radius 3 is 2.61 bits per heavy atom.